The number of rotatable bonds is 4. The third-order valence-electron chi connectivity index (χ3n) is 1.25. The summed E-state index contributed by atoms with van der Waals surface area (Å²) in [5.74, 6) is -1.83. The SMILES string of the molecule is CC(=CC(C)OC(=O)CCl)C(=O)O. The number of alkyl halides is 1. The van der Waals surface area contributed by atoms with Crippen molar-refractivity contribution in [1.29, 1.82) is 0 Å². The molecular formula is C8H11ClO4. The van der Waals surface area contributed by atoms with Gasteiger partial charge in [-0.2, -0.15) is 0 Å². The van der Waals surface area contributed by atoms with Crippen LogP contribution in [0.25, 0.3) is 0 Å². The molecule has 74 valence electrons. The lowest BCUT2D eigenvalue weighted by Crippen LogP contribution is -2.14. The number of carboxylic acids is 1. The highest BCUT2D eigenvalue weighted by molar-refractivity contribution is 6.26. The van der Waals surface area contributed by atoms with E-state index in [-0.39, 0.29) is 11.5 Å². The van der Waals surface area contributed by atoms with Gasteiger partial charge in [0.2, 0.25) is 0 Å². The van der Waals surface area contributed by atoms with E-state index in [1.54, 1.807) is 6.92 Å². The first-order valence-corrected chi connectivity index (χ1v) is 4.18. The summed E-state index contributed by atoms with van der Waals surface area (Å²) >= 11 is 5.18. The third kappa shape index (κ3) is 5.25. The molecule has 0 rings (SSSR count). The van der Waals surface area contributed by atoms with Crippen molar-refractivity contribution in [3.05, 3.63) is 11.6 Å². The van der Waals surface area contributed by atoms with E-state index in [1.165, 1.54) is 13.0 Å². The number of aliphatic carboxylic acids is 1. The fourth-order valence-electron chi connectivity index (χ4n) is 0.696. The summed E-state index contributed by atoms with van der Waals surface area (Å²) in [6.45, 7) is 2.99. The summed E-state index contributed by atoms with van der Waals surface area (Å²) in [4.78, 5) is 21.0. The molecule has 0 aromatic rings. The Labute approximate surface area is 81.1 Å². The molecule has 1 unspecified atom stereocenters. The average molecular weight is 207 g/mol. The molecule has 0 aliphatic carbocycles. The molecule has 0 aromatic heterocycles. The van der Waals surface area contributed by atoms with Gasteiger partial charge >= 0.3 is 11.9 Å². The van der Waals surface area contributed by atoms with Crippen LogP contribution in [0.15, 0.2) is 11.6 Å². The Balaban J connectivity index is 4.13. The number of esters is 1. The minimum atomic E-state index is -1.03. The van der Waals surface area contributed by atoms with Crippen molar-refractivity contribution in [3.8, 4) is 0 Å². The zero-order valence-electron chi connectivity index (χ0n) is 7.41. The zero-order valence-corrected chi connectivity index (χ0v) is 8.17. The largest absolute Gasteiger partial charge is 0.478 e. The van der Waals surface area contributed by atoms with E-state index in [4.69, 9.17) is 21.4 Å². The average Bonchev–Trinajstić information content (AvgIpc) is 2.03. The first-order chi connectivity index (χ1) is 5.97. The molecule has 4 nitrogen and oxygen atoms in total. The molecule has 0 aliphatic rings. The number of carbonyl (C=O) groups excluding carboxylic acids is 1. The van der Waals surface area contributed by atoms with Crippen LogP contribution in [0, 0.1) is 0 Å². The number of carbonyl (C=O) groups is 2. The van der Waals surface area contributed by atoms with Crippen LogP contribution in [0.3, 0.4) is 0 Å². The van der Waals surface area contributed by atoms with Crippen molar-refractivity contribution < 1.29 is 19.4 Å². The Morgan fingerprint density at radius 2 is 2.15 bits per heavy atom. The lowest BCUT2D eigenvalue weighted by Gasteiger charge is -2.07. The maximum Gasteiger partial charge on any atom is 0.331 e. The summed E-state index contributed by atoms with van der Waals surface area (Å²) in [5, 5.41) is 8.49. The van der Waals surface area contributed by atoms with Gasteiger partial charge in [-0.1, -0.05) is 0 Å². The monoisotopic (exact) mass is 206 g/mol. The molecule has 0 amide bonds. The van der Waals surface area contributed by atoms with Crippen LogP contribution in [-0.2, 0) is 14.3 Å². The molecule has 0 aromatic carbocycles. The summed E-state index contributed by atoms with van der Waals surface area (Å²) in [6, 6.07) is 0. The van der Waals surface area contributed by atoms with Crippen LogP contribution in [0.4, 0.5) is 0 Å². The van der Waals surface area contributed by atoms with Crippen molar-refractivity contribution in [2.45, 2.75) is 20.0 Å². The first kappa shape index (κ1) is 12.0. The lowest BCUT2D eigenvalue weighted by molar-refractivity contribution is -0.143. The van der Waals surface area contributed by atoms with Gasteiger partial charge in [-0.25, -0.2) is 4.79 Å². The van der Waals surface area contributed by atoms with Crippen molar-refractivity contribution in [2.75, 3.05) is 5.88 Å². The minimum Gasteiger partial charge on any atom is -0.478 e. The number of carboxylic acid groups (broad SMARTS) is 1. The molecule has 0 aliphatic heterocycles. The van der Waals surface area contributed by atoms with E-state index in [1.807, 2.05) is 0 Å². The highest BCUT2D eigenvalue weighted by Gasteiger charge is 2.08. The fourth-order valence-corrected chi connectivity index (χ4v) is 0.759. The fraction of sp³-hybridized carbons (Fsp3) is 0.500. The van der Waals surface area contributed by atoms with Gasteiger partial charge in [0.15, 0.2) is 0 Å². The lowest BCUT2D eigenvalue weighted by atomic mass is 10.2. The van der Waals surface area contributed by atoms with Crippen LogP contribution in [0.2, 0.25) is 0 Å². The third-order valence-corrected chi connectivity index (χ3v) is 1.47. The summed E-state index contributed by atoms with van der Waals surface area (Å²) in [7, 11) is 0. The van der Waals surface area contributed by atoms with E-state index < -0.39 is 18.0 Å². The number of hydrogen-bond donors (Lipinski definition) is 1. The predicted molar refractivity (Wildman–Crippen MR) is 47.7 cm³/mol. The Bertz CT molecular complexity index is 234. The smallest absolute Gasteiger partial charge is 0.331 e. The van der Waals surface area contributed by atoms with Gasteiger partial charge in [0, 0.05) is 5.57 Å². The van der Waals surface area contributed by atoms with Gasteiger partial charge in [0.1, 0.15) is 12.0 Å². The first-order valence-electron chi connectivity index (χ1n) is 3.64. The molecule has 0 saturated heterocycles. The summed E-state index contributed by atoms with van der Waals surface area (Å²) < 4.78 is 4.71. The summed E-state index contributed by atoms with van der Waals surface area (Å²) in [5.41, 5.74) is 0.134. The van der Waals surface area contributed by atoms with Gasteiger partial charge in [0.25, 0.3) is 0 Å². The quantitative estimate of drug-likeness (QED) is 0.426. The molecular weight excluding hydrogens is 196 g/mol. The van der Waals surface area contributed by atoms with E-state index in [0.717, 1.165) is 0 Å². The normalized spacial score (nSPS) is 13.6. The predicted octanol–water partition coefficient (Wildman–Crippen LogP) is 1.19. The number of ether oxygens (including phenoxy) is 1. The topological polar surface area (TPSA) is 63.6 Å². The molecule has 0 spiro atoms. The maximum absolute atomic E-state index is 10.6. The molecule has 13 heavy (non-hydrogen) atoms. The van der Waals surface area contributed by atoms with Gasteiger partial charge in [0.05, 0.1) is 0 Å². The van der Waals surface area contributed by atoms with E-state index >= 15 is 0 Å². The van der Waals surface area contributed by atoms with Crippen molar-refractivity contribution in [3.63, 3.8) is 0 Å². The number of halogens is 1. The van der Waals surface area contributed by atoms with Gasteiger partial charge in [-0.05, 0) is 19.9 Å². The van der Waals surface area contributed by atoms with Gasteiger partial charge in [-0.15, -0.1) is 11.6 Å². The van der Waals surface area contributed by atoms with E-state index in [2.05, 4.69) is 0 Å². The second kappa shape index (κ2) is 5.59. The second-order valence-corrected chi connectivity index (χ2v) is 2.75. The van der Waals surface area contributed by atoms with Crippen molar-refractivity contribution in [1.82, 2.24) is 0 Å². The summed E-state index contributed by atoms with van der Waals surface area (Å²) in [6.07, 6.45) is 0.773. The van der Waals surface area contributed by atoms with Crippen molar-refractivity contribution in [2.24, 2.45) is 0 Å². The van der Waals surface area contributed by atoms with E-state index in [9.17, 15) is 9.59 Å². The molecule has 0 heterocycles. The minimum absolute atomic E-state index is 0.134. The van der Waals surface area contributed by atoms with Crippen LogP contribution >= 0.6 is 11.6 Å². The molecule has 0 saturated carbocycles. The highest BCUT2D eigenvalue weighted by atomic mass is 35.5. The van der Waals surface area contributed by atoms with E-state index in [0.29, 0.717) is 0 Å². The molecule has 0 fully saturated rings. The van der Waals surface area contributed by atoms with Crippen LogP contribution in [0.1, 0.15) is 13.8 Å². The Morgan fingerprint density at radius 3 is 2.54 bits per heavy atom. The Kier molecular flexibility index (Phi) is 5.14. The Morgan fingerprint density at radius 1 is 1.62 bits per heavy atom. The van der Waals surface area contributed by atoms with Crippen LogP contribution < -0.4 is 0 Å². The standard InChI is InChI=1S/C8H11ClO4/c1-5(8(11)12)3-6(2)13-7(10)4-9/h3,6H,4H2,1-2H3,(H,11,12). The molecule has 0 radical (unpaired) electrons. The molecule has 0 bridgehead atoms. The van der Waals surface area contributed by atoms with Gasteiger partial charge in [-0.3, -0.25) is 4.79 Å². The molecule has 1 N–H and O–H groups in total. The van der Waals surface area contributed by atoms with Crippen LogP contribution in [-0.4, -0.2) is 29.0 Å². The second-order valence-electron chi connectivity index (χ2n) is 2.48. The Hall–Kier alpha value is -1.03. The molecule has 1 atom stereocenters. The highest BCUT2D eigenvalue weighted by Crippen LogP contribution is 2.00. The van der Waals surface area contributed by atoms with Gasteiger partial charge < -0.3 is 9.84 Å². The maximum atomic E-state index is 10.6. The number of hydrogen-bond acceptors (Lipinski definition) is 3. The van der Waals surface area contributed by atoms with Crippen LogP contribution in [0.5, 0.6) is 0 Å². The molecule has 5 heteroatoms. The zero-order chi connectivity index (χ0) is 10.4. The van der Waals surface area contributed by atoms with Crippen molar-refractivity contribution >= 4 is 23.5 Å².